The summed E-state index contributed by atoms with van der Waals surface area (Å²) in [4.78, 5) is 26.1. The number of aryl methyl sites for hydroxylation is 1. The van der Waals surface area contributed by atoms with Gasteiger partial charge in [0.05, 0.1) is 12.8 Å². The van der Waals surface area contributed by atoms with Gasteiger partial charge in [0.25, 0.3) is 0 Å². The minimum atomic E-state index is -0.0438. The van der Waals surface area contributed by atoms with Crippen LogP contribution < -0.4 is 15.0 Å². The van der Waals surface area contributed by atoms with Crippen LogP contribution in [-0.4, -0.2) is 25.5 Å². The Morgan fingerprint density at radius 1 is 1.15 bits per heavy atom. The maximum atomic E-state index is 12.2. The highest BCUT2D eigenvalue weighted by Crippen LogP contribution is 2.33. The molecule has 0 aromatic heterocycles. The van der Waals surface area contributed by atoms with Crippen molar-refractivity contribution in [3.8, 4) is 5.75 Å². The van der Waals surface area contributed by atoms with Crippen LogP contribution in [0.1, 0.15) is 31.2 Å². The number of carbonyl (C=O) groups is 2. The van der Waals surface area contributed by atoms with E-state index in [1.54, 1.807) is 18.1 Å². The molecule has 1 aliphatic heterocycles. The van der Waals surface area contributed by atoms with Gasteiger partial charge in [-0.25, -0.2) is 0 Å². The average Bonchev–Trinajstić information content (AvgIpc) is 2.68. The van der Waals surface area contributed by atoms with Crippen LogP contribution in [0.2, 0.25) is 0 Å². The number of amides is 2. The molecule has 136 valence electrons. The van der Waals surface area contributed by atoms with Crippen molar-refractivity contribution in [2.45, 2.75) is 32.1 Å². The lowest BCUT2D eigenvalue weighted by Crippen LogP contribution is -2.35. The van der Waals surface area contributed by atoms with Crippen LogP contribution in [0, 0.1) is 0 Å². The fourth-order valence-electron chi connectivity index (χ4n) is 3.17. The van der Waals surface area contributed by atoms with E-state index in [9.17, 15) is 9.59 Å². The summed E-state index contributed by atoms with van der Waals surface area (Å²) >= 11 is 0. The highest BCUT2D eigenvalue weighted by molar-refractivity contribution is 5.97. The molecular formula is C21H24N2O3. The number of piperidine rings is 1. The van der Waals surface area contributed by atoms with E-state index < -0.39 is 0 Å². The van der Waals surface area contributed by atoms with Gasteiger partial charge in [0.1, 0.15) is 5.75 Å². The Bertz CT molecular complexity index is 774. The zero-order valence-electron chi connectivity index (χ0n) is 15.0. The van der Waals surface area contributed by atoms with E-state index >= 15 is 0 Å². The molecule has 0 radical (unpaired) electrons. The molecule has 2 aromatic carbocycles. The Balaban J connectivity index is 1.65. The highest BCUT2D eigenvalue weighted by Gasteiger charge is 2.22. The Morgan fingerprint density at radius 2 is 1.96 bits per heavy atom. The first-order chi connectivity index (χ1) is 12.7. The summed E-state index contributed by atoms with van der Waals surface area (Å²) in [5.41, 5.74) is 2.58. The number of rotatable bonds is 6. The predicted molar refractivity (Wildman–Crippen MR) is 103 cm³/mol. The predicted octanol–water partition coefficient (Wildman–Crippen LogP) is 3.78. The molecule has 26 heavy (non-hydrogen) atoms. The fraction of sp³-hybridized carbons (Fsp3) is 0.333. The van der Waals surface area contributed by atoms with Crippen molar-refractivity contribution in [3.63, 3.8) is 0 Å². The van der Waals surface area contributed by atoms with Crippen molar-refractivity contribution in [1.82, 2.24) is 0 Å². The molecule has 1 N–H and O–H groups in total. The summed E-state index contributed by atoms with van der Waals surface area (Å²) in [6, 6.07) is 15.4. The number of hydrogen-bond acceptors (Lipinski definition) is 3. The van der Waals surface area contributed by atoms with Gasteiger partial charge >= 0.3 is 0 Å². The van der Waals surface area contributed by atoms with Gasteiger partial charge in [-0.2, -0.15) is 0 Å². The summed E-state index contributed by atoms with van der Waals surface area (Å²) < 4.78 is 5.45. The van der Waals surface area contributed by atoms with Crippen molar-refractivity contribution < 1.29 is 14.3 Å². The number of nitrogens with zero attached hydrogens (tertiary/aromatic N) is 1. The van der Waals surface area contributed by atoms with Crippen LogP contribution in [0.25, 0.3) is 0 Å². The summed E-state index contributed by atoms with van der Waals surface area (Å²) in [6.45, 7) is 0.706. The zero-order valence-corrected chi connectivity index (χ0v) is 15.0. The molecule has 1 fully saturated rings. The number of methoxy groups -OCH3 is 1. The molecule has 1 aliphatic rings. The topological polar surface area (TPSA) is 58.6 Å². The Hall–Kier alpha value is -2.82. The van der Waals surface area contributed by atoms with Crippen LogP contribution in [-0.2, 0) is 16.0 Å². The second kappa shape index (κ2) is 8.52. The molecule has 1 saturated heterocycles. The van der Waals surface area contributed by atoms with Gasteiger partial charge in [-0.15, -0.1) is 0 Å². The molecule has 2 amide bonds. The third kappa shape index (κ3) is 4.42. The van der Waals surface area contributed by atoms with Gasteiger partial charge in [-0.3, -0.25) is 9.59 Å². The van der Waals surface area contributed by atoms with Gasteiger partial charge in [0.15, 0.2) is 0 Å². The molecule has 1 heterocycles. The third-order valence-corrected chi connectivity index (χ3v) is 4.56. The van der Waals surface area contributed by atoms with Gasteiger partial charge in [0.2, 0.25) is 11.8 Å². The number of nitrogens with one attached hydrogen (secondary N) is 1. The first kappa shape index (κ1) is 18.0. The van der Waals surface area contributed by atoms with Crippen molar-refractivity contribution in [2.24, 2.45) is 0 Å². The van der Waals surface area contributed by atoms with E-state index in [-0.39, 0.29) is 11.8 Å². The molecule has 0 unspecified atom stereocenters. The van der Waals surface area contributed by atoms with Crippen LogP contribution in [0.5, 0.6) is 5.75 Å². The SMILES string of the molecule is COc1cc(NC(=O)CCc2ccccc2)ccc1N1CCCCC1=O. The van der Waals surface area contributed by atoms with Crippen LogP contribution >= 0.6 is 0 Å². The van der Waals surface area contributed by atoms with Crippen molar-refractivity contribution in [1.29, 1.82) is 0 Å². The van der Waals surface area contributed by atoms with E-state index in [0.717, 1.165) is 24.1 Å². The number of hydrogen-bond donors (Lipinski definition) is 1. The van der Waals surface area contributed by atoms with Crippen molar-refractivity contribution in [3.05, 3.63) is 54.1 Å². The van der Waals surface area contributed by atoms with E-state index in [1.165, 1.54) is 0 Å². The number of anilines is 2. The maximum Gasteiger partial charge on any atom is 0.227 e. The molecule has 0 saturated carbocycles. The molecule has 0 spiro atoms. The molecule has 2 aromatic rings. The Morgan fingerprint density at radius 3 is 2.69 bits per heavy atom. The van der Waals surface area contributed by atoms with Crippen molar-refractivity contribution in [2.75, 3.05) is 23.9 Å². The summed E-state index contributed by atoms with van der Waals surface area (Å²) in [5.74, 6) is 0.674. The lowest BCUT2D eigenvalue weighted by Gasteiger charge is -2.28. The number of ether oxygens (including phenoxy) is 1. The van der Waals surface area contributed by atoms with Crippen LogP contribution in [0.15, 0.2) is 48.5 Å². The molecule has 5 nitrogen and oxygen atoms in total. The molecule has 0 aliphatic carbocycles. The first-order valence-corrected chi connectivity index (χ1v) is 8.99. The van der Waals surface area contributed by atoms with Gasteiger partial charge < -0.3 is 15.0 Å². The van der Waals surface area contributed by atoms with Crippen LogP contribution in [0.4, 0.5) is 11.4 Å². The maximum absolute atomic E-state index is 12.2. The monoisotopic (exact) mass is 352 g/mol. The summed E-state index contributed by atoms with van der Waals surface area (Å²) in [7, 11) is 1.58. The van der Waals surface area contributed by atoms with Crippen molar-refractivity contribution >= 4 is 23.2 Å². The van der Waals surface area contributed by atoms with E-state index in [0.29, 0.717) is 37.2 Å². The lowest BCUT2D eigenvalue weighted by molar-refractivity contribution is -0.119. The van der Waals surface area contributed by atoms with E-state index in [1.807, 2.05) is 42.5 Å². The summed E-state index contributed by atoms with van der Waals surface area (Å²) in [5, 5.41) is 2.91. The number of benzene rings is 2. The number of carbonyl (C=O) groups excluding carboxylic acids is 2. The van der Waals surface area contributed by atoms with E-state index in [2.05, 4.69) is 5.32 Å². The molecule has 0 bridgehead atoms. The highest BCUT2D eigenvalue weighted by atomic mass is 16.5. The minimum absolute atomic E-state index is 0.0438. The second-order valence-electron chi connectivity index (χ2n) is 6.42. The normalized spacial score (nSPS) is 14.2. The third-order valence-electron chi connectivity index (χ3n) is 4.56. The zero-order chi connectivity index (χ0) is 18.4. The smallest absolute Gasteiger partial charge is 0.227 e. The molecular weight excluding hydrogens is 328 g/mol. The quantitative estimate of drug-likeness (QED) is 0.861. The first-order valence-electron chi connectivity index (χ1n) is 8.99. The average molecular weight is 352 g/mol. The van der Waals surface area contributed by atoms with Gasteiger partial charge in [-0.1, -0.05) is 30.3 Å². The minimum Gasteiger partial charge on any atom is -0.494 e. The lowest BCUT2D eigenvalue weighted by atomic mass is 10.1. The molecule has 3 rings (SSSR count). The standard InChI is InChI=1S/C21H24N2O3/c1-26-19-15-17(11-12-18(19)23-14-6-5-9-21(23)25)22-20(24)13-10-16-7-3-2-4-8-16/h2-4,7-8,11-12,15H,5-6,9-10,13-14H2,1H3,(H,22,24). The largest absolute Gasteiger partial charge is 0.494 e. The fourth-order valence-corrected chi connectivity index (χ4v) is 3.17. The Kier molecular flexibility index (Phi) is 5.89. The summed E-state index contributed by atoms with van der Waals surface area (Å²) in [6.07, 6.45) is 3.62. The Labute approximate surface area is 154 Å². The molecule has 0 atom stereocenters. The van der Waals surface area contributed by atoms with Crippen LogP contribution in [0.3, 0.4) is 0 Å². The second-order valence-corrected chi connectivity index (χ2v) is 6.42. The van der Waals surface area contributed by atoms with E-state index in [4.69, 9.17) is 4.74 Å². The van der Waals surface area contributed by atoms with Gasteiger partial charge in [-0.05, 0) is 37.0 Å². The van der Waals surface area contributed by atoms with Gasteiger partial charge in [0, 0.05) is 31.1 Å². The molecule has 5 heteroatoms.